The zero-order valence-corrected chi connectivity index (χ0v) is 11.5. The fourth-order valence-electron chi connectivity index (χ4n) is 1.80. The Balaban J connectivity index is 2.07. The average Bonchev–Trinajstić information content (AvgIpc) is 2.49. The molecule has 1 N–H and O–H groups in total. The third-order valence-electron chi connectivity index (χ3n) is 2.74. The molecule has 0 atom stereocenters. The van der Waals surface area contributed by atoms with E-state index in [1.807, 2.05) is 18.4 Å². The molecule has 2 aromatic heterocycles. The molecule has 1 aromatic carbocycles. The lowest BCUT2D eigenvalue weighted by molar-refractivity contribution is 0.628. The number of nitrogens with one attached hydrogen (secondary N) is 1. The Morgan fingerprint density at radius 2 is 1.90 bits per heavy atom. The van der Waals surface area contributed by atoms with E-state index in [0.717, 1.165) is 11.1 Å². The van der Waals surface area contributed by atoms with Gasteiger partial charge in [0.05, 0.1) is 5.39 Å². The van der Waals surface area contributed by atoms with Gasteiger partial charge in [0.2, 0.25) is 0 Å². The van der Waals surface area contributed by atoms with Gasteiger partial charge in [-0.25, -0.2) is 19.3 Å². The summed E-state index contributed by atoms with van der Waals surface area (Å²) in [5, 5.41) is 4.65. The first-order valence-corrected chi connectivity index (χ1v) is 7.18. The molecule has 6 heteroatoms. The molecule has 20 heavy (non-hydrogen) atoms. The number of pyridine rings is 1. The summed E-state index contributed by atoms with van der Waals surface area (Å²) >= 11 is 1.45. The van der Waals surface area contributed by atoms with Crippen molar-refractivity contribution in [1.29, 1.82) is 0 Å². The molecule has 0 spiro atoms. The maximum Gasteiger partial charge on any atom is 0.191 e. The summed E-state index contributed by atoms with van der Waals surface area (Å²) < 4.78 is 12.9. The van der Waals surface area contributed by atoms with Crippen molar-refractivity contribution in [2.45, 2.75) is 5.16 Å². The third kappa shape index (κ3) is 2.55. The minimum atomic E-state index is -0.269. The Bertz CT molecular complexity index is 746. The zero-order valence-electron chi connectivity index (χ0n) is 10.7. The van der Waals surface area contributed by atoms with Crippen molar-refractivity contribution in [1.82, 2.24) is 15.0 Å². The molecular weight excluding hydrogens is 275 g/mol. The van der Waals surface area contributed by atoms with Crippen LogP contribution in [0, 0.1) is 5.82 Å². The van der Waals surface area contributed by atoms with E-state index in [1.54, 1.807) is 18.3 Å². The van der Waals surface area contributed by atoms with Gasteiger partial charge >= 0.3 is 0 Å². The third-order valence-corrected chi connectivity index (χ3v) is 3.29. The van der Waals surface area contributed by atoms with Crippen LogP contribution in [0.5, 0.6) is 0 Å². The van der Waals surface area contributed by atoms with Crippen LogP contribution in [0.15, 0.2) is 47.8 Å². The van der Waals surface area contributed by atoms with E-state index < -0.39 is 0 Å². The van der Waals surface area contributed by atoms with E-state index in [4.69, 9.17) is 0 Å². The molecule has 0 aliphatic carbocycles. The van der Waals surface area contributed by atoms with Crippen molar-refractivity contribution in [3.63, 3.8) is 0 Å². The maximum absolute atomic E-state index is 12.9. The fraction of sp³-hybridized carbons (Fsp3) is 0.0714. The molecule has 0 bridgehead atoms. The van der Waals surface area contributed by atoms with E-state index in [1.165, 1.54) is 23.9 Å². The Morgan fingerprint density at radius 3 is 2.65 bits per heavy atom. The molecule has 3 aromatic rings. The Morgan fingerprint density at radius 1 is 1.10 bits per heavy atom. The van der Waals surface area contributed by atoms with Crippen LogP contribution in [0.25, 0.3) is 11.0 Å². The summed E-state index contributed by atoms with van der Waals surface area (Å²) in [4.78, 5) is 13.0. The van der Waals surface area contributed by atoms with Crippen LogP contribution < -0.4 is 5.32 Å². The topological polar surface area (TPSA) is 50.7 Å². The summed E-state index contributed by atoms with van der Waals surface area (Å²) in [6.45, 7) is 0. The van der Waals surface area contributed by atoms with Crippen molar-refractivity contribution < 1.29 is 4.39 Å². The second-order valence-electron chi connectivity index (χ2n) is 4.07. The fourth-order valence-corrected chi connectivity index (χ4v) is 2.16. The molecule has 100 valence electrons. The number of hydrogen-bond acceptors (Lipinski definition) is 5. The van der Waals surface area contributed by atoms with Gasteiger partial charge in [0, 0.05) is 11.9 Å². The second-order valence-corrected chi connectivity index (χ2v) is 4.84. The summed E-state index contributed by atoms with van der Waals surface area (Å²) in [7, 11) is 0. The number of nitrogens with zero attached hydrogens (tertiary/aromatic N) is 3. The predicted octanol–water partition coefficient (Wildman–Crippen LogP) is 3.63. The van der Waals surface area contributed by atoms with Gasteiger partial charge in [-0.2, -0.15) is 0 Å². The number of halogens is 1. The van der Waals surface area contributed by atoms with Crippen LogP contribution in [0.3, 0.4) is 0 Å². The van der Waals surface area contributed by atoms with Gasteiger partial charge in [-0.1, -0.05) is 11.8 Å². The molecule has 2 heterocycles. The van der Waals surface area contributed by atoms with Crippen molar-refractivity contribution in [3.05, 3.63) is 48.4 Å². The standard InChI is InChI=1S/C14H11FN4S/c1-20-14-18-12-11(3-2-8-16-12)13(19-14)17-10-6-4-9(15)5-7-10/h2-8H,1H3,(H,16,17,18,19). The molecule has 4 nitrogen and oxygen atoms in total. The van der Waals surface area contributed by atoms with Crippen LogP contribution in [-0.2, 0) is 0 Å². The lowest BCUT2D eigenvalue weighted by Crippen LogP contribution is -1.99. The Labute approximate surface area is 119 Å². The molecule has 0 aliphatic rings. The van der Waals surface area contributed by atoms with Gasteiger partial charge in [-0.15, -0.1) is 0 Å². The van der Waals surface area contributed by atoms with Gasteiger partial charge in [-0.05, 0) is 42.7 Å². The van der Waals surface area contributed by atoms with E-state index >= 15 is 0 Å². The van der Waals surface area contributed by atoms with Gasteiger partial charge in [-0.3, -0.25) is 0 Å². The minimum absolute atomic E-state index is 0.269. The van der Waals surface area contributed by atoms with Crippen LogP contribution >= 0.6 is 11.8 Å². The first-order valence-electron chi connectivity index (χ1n) is 5.95. The predicted molar refractivity (Wildman–Crippen MR) is 78.8 cm³/mol. The monoisotopic (exact) mass is 286 g/mol. The molecule has 0 saturated carbocycles. The Kier molecular flexibility index (Phi) is 3.47. The molecule has 0 radical (unpaired) electrons. The van der Waals surface area contributed by atoms with E-state index in [0.29, 0.717) is 16.6 Å². The van der Waals surface area contributed by atoms with Crippen molar-refractivity contribution >= 4 is 34.3 Å². The van der Waals surface area contributed by atoms with Gasteiger partial charge < -0.3 is 5.32 Å². The molecule has 0 aliphatic heterocycles. The quantitative estimate of drug-likeness (QED) is 0.588. The number of fused-ring (bicyclic) bond motifs is 1. The van der Waals surface area contributed by atoms with Crippen LogP contribution in [0.2, 0.25) is 0 Å². The number of rotatable bonds is 3. The summed E-state index contributed by atoms with van der Waals surface area (Å²) in [6, 6.07) is 9.87. The number of anilines is 2. The normalized spacial score (nSPS) is 10.7. The van der Waals surface area contributed by atoms with E-state index in [9.17, 15) is 4.39 Å². The van der Waals surface area contributed by atoms with Crippen LogP contribution in [0.4, 0.5) is 15.9 Å². The molecule has 0 amide bonds. The van der Waals surface area contributed by atoms with Gasteiger partial charge in [0.15, 0.2) is 10.8 Å². The minimum Gasteiger partial charge on any atom is -0.340 e. The number of benzene rings is 1. The molecule has 0 unspecified atom stereocenters. The highest BCUT2D eigenvalue weighted by Crippen LogP contribution is 2.25. The number of aromatic nitrogens is 3. The SMILES string of the molecule is CSc1nc(Nc2ccc(F)cc2)c2cccnc2n1. The summed E-state index contributed by atoms with van der Waals surface area (Å²) in [5.41, 5.74) is 1.40. The largest absolute Gasteiger partial charge is 0.340 e. The average molecular weight is 286 g/mol. The number of hydrogen-bond donors (Lipinski definition) is 1. The summed E-state index contributed by atoms with van der Waals surface area (Å²) in [5.74, 6) is 0.397. The van der Waals surface area contributed by atoms with Crippen LogP contribution in [0.1, 0.15) is 0 Å². The van der Waals surface area contributed by atoms with Gasteiger partial charge in [0.1, 0.15) is 11.6 Å². The second kappa shape index (κ2) is 5.42. The molecule has 0 fully saturated rings. The van der Waals surface area contributed by atoms with Crippen molar-refractivity contribution in [3.8, 4) is 0 Å². The summed E-state index contributed by atoms with van der Waals surface area (Å²) in [6.07, 6.45) is 3.60. The smallest absolute Gasteiger partial charge is 0.191 e. The van der Waals surface area contributed by atoms with Crippen LogP contribution in [-0.4, -0.2) is 21.2 Å². The molecule has 3 rings (SSSR count). The highest BCUT2D eigenvalue weighted by molar-refractivity contribution is 7.98. The lowest BCUT2D eigenvalue weighted by atomic mass is 10.3. The first kappa shape index (κ1) is 12.8. The zero-order chi connectivity index (χ0) is 13.9. The van der Waals surface area contributed by atoms with E-state index in [2.05, 4.69) is 20.3 Å². The molecule has 0 saturated heterocycles. The van der Waals surface area contributed by atoms with Crippen molar-refractivity contribution in [2.75, 3.05) is 11.6 Å². The number of thioether (sulfide) groups is 1. The molecular formula is C14H11FN4S. The highest BCUT2D eigenvalue weighted by Gasteiger charge is 2.08. The maximum atomic E-state index is 12.9. The Hall–Kier alpha value is -2.21. The van der Waals surface area contributed by atoms with Crippen molar-refractivity contribution in [2.24, 2.45) is 0 Å². The van der Waals surface area contributed by atoms with E-state index in [-0.39, 0.29) is 5.82 Å². The first-order chi connectivity index (χ1) is 9.76. The lowest BCUT2D eigenvalue weighted by Gasteiger charge is -2.09. The highest BCUT2D eigenvalue weighted by atomic mass is 32.2. The van der Waals surface area contributed by atoms with Gasteiger partial charge in [0.25, 0.3) is 0 Å².